The number of rotatable bonds is 12. The van der Waals surface area contributed by atoms with Gasteiger partial charge in [-0.15, -0.1) is 0 Å². The molecule has 3 rings (SSSR count). The summed E-state index contributed by atoms with van der Waals surface area (Å²) >= 11 is 0. The third kappa shape index (κ3) is 8.14. The van der Waals surface area contributed by atoms with Crippen molar-refractivity contribution in [3.63, 3.8) is 0 Å². The molecule has 0 atom stereocenters. The SMILES string of the molecule is CCCCOc1ccc(OCC(=O)N/N=C/c2ccc(OCc3ccccc3)cc2)cc1. The van der Waals surface area contributed by atoms with Gasteiger partial charge in [-0.2, -0.15) is 5.10 Å². The molecule has 0 bridgehead atoms. The highest BCUT2D eigenvalue weighted by atomic mass is 16.5. The second kappa shape index (κ2) is 12.8. The number of benzene rings is 3. The quantitative estimate of drug-likeness (QED) is 0.249. The third-order valence-electron chi connectivity index (χ3n) is 4.49. The fraction of sp³-hybridized carbons (Fsp3) is 0.231. The number of hydrazone groups is 1. The zero-order valence-electron chi connectivity index (χ0n) is 18.2. The van der Waals surface area contributed by atoms with Crippen LogP contribution in [0.25, 0.3) is 0 Å². The number of carbonyl (C=O) groups is 1. The molecule has 0 aromatic heterocycles. The van der Waals surface area contributed by atoms with Crippen LogP contribution in [0.4, 0.5) is 0 Å². The number of carbonyl (C=O) groups excluding carboxylic acids is 1. The molecule has 0 saturated carbocycles. The summed E-state index contributed by atoms with van der Waals surface area (Å²) < 4.78 is 16.8. The fourth-order valence-electron chi connectivity index (χ4n) is 2.72. The second-order valence-corrected chi connectivity index (χ2v) is 7.10. The van der Waals surface area contributed by atoms with Gasteiger partial charge in [0.15, 0.2) is 6.61 Å². The lowest BCUT2D eigenvalue weighted by atomic mass is 10.2. The van der Waals surface area contributed by atoms with E-state index in [4.69, 9.17) is 14.2 Å². The average Bonchev–Trinajstić information content (AvgIpc) is 2.84. The molecule has 0 radical (unpaired) electrons. The number of unbranched alkanes of at least 4 members (excludes halogenated alkanes) is 1. The van der Waals surface area contributed by atoms with Gasteiger partial charge in [-0.05, 0) is 66.1 Å². The molecule has 166 valence electrons. The molecule has 0 aliphatic heterocycles. The van der Waals surface area contributed by atoms with Gasteiger partial charge in [0.2, 0.25) is 0 Å². The molecule has 0 aliphatic carbocycles. The van der Waals surface area contributed by atoms with Crippen LogP contribution >= 0.6 is 0 Å². The van der Waals surface area contributed by atoms with Crippen molar-refractivity contribution in [2.45, 2.75) is 26.4 Å². The molecule has 0 spiro atoms. The van der Waals surface area contributed by atoms with Crippen molar-refractivity contribution >= 4 is 12.1 Å². The number of ether oxygens (including phenoxy) is 3. The molecule has 1 amide bonds. The molecule has 6 heteroatoms. The molecule has 0 unspecified atom stereocenters. The van der Waals surface area contributed by atoms with Crippen LogP contribution in [0.3, 0.4) is 0 Å². The van der Waals surface area contributed by atoms with Gasteiger partial charge in [0, 0.05) is 0 Å². The van der Waals surface area contributed by atoms with E-state index in [9.17, 15) is 4.79 Å². The summed E-state index contributed by atoms with van der Waals surface area (Å²) in [4.78, 5) is 11.9. The highest BCUT2D eigenvalue weighted by Gasteiger charge is 2.02. The van der Waals surface area contributed by atoms with E-state index in [1.807, 2.05) is 66.7 Å². The predicted molar refractivity (Wildman–Crippen MR) is 125 cm³/mol. The van der Waals surface area contributed by atoms with Gasteiger partial charge in [0.1, 0.15) is 23.9 Å². The first-order valence-corrected chi connectivity index (χ1v) is 10.7. The number of nitrogens with one attached hydrogen (secondary N) is 1. The Bertz CT molecular complexity index is 971. The van der Waals surface area contributed by atoms with Gasteiger partial charge in [-0.25, -0.2) is 5.43 Å². The van der Waals surface area contributed by atoms with E-state index in [1.165, 1.54) is 0 Å². The monoisotopic (exact) mass is 432 g/mol. The van der Waals surface area contributed by atoms with Crippen molar-refractivity contribution in [3.05, 3.63) is 90.0 Å². The van der Waals surface area contributed by atoms with Crippen molar-refractivity contribution in [1.82, 2.24) is 5.43 Å². The van der Waals surface area contributed by atoms with Crippen LogP contribution in [0.5, 0.6) is 17.2 Å². The summed E-state index contributed by atoms with van der Waals surface area (Å²) in [5.74, 6) is 1.81. The Hall–Kier alpha value is -3.80. The Morgan fingerprint density at radius 1 is 0.844 bits per heavy atom. The molecule has 3 aromatic carbocycles. The average molecular weight is 433 g/mol. The lowest BCUT2D eigenvalue weighted by molar-refractivity contribution is -0.123. The van der Waals surface area contributed by atoms with E-state index in [2.05, 4.69) is 17.5 Å². The summed E-state index contributed by atoms with van der Waals surface area (Å²) in [7, 11) is 0. The fourth-order valence-corrected chi connectivity index (χ4v) is 2.72. The van der Waals surface area contributed by atoms with Crippen LogP contribution in [-0.2, 0) is 11.4 Å². The van der Waals surface area contributed by atoms with E-state index < -0.39 is 0 Å². The summed E-state index contributed by atoms with van der Waals surface area (Å²) in [5, 5.41) is 3.97. The first kappa shape index (κ1) is 22.9. The van der Waals surface area contributed by atoms with Gasteiger partial charge in [-0.1, -0.05) is 43.7 Å². The molecule has 6 nitrogen and oxygen atoms in total. The molecule has 0 saturated heterocycles. The van der Waals surface area contributed by atoms with Crippen molar-refractivity contribution in [1.29, 1.82) is 0 Å². The van der Waals surface area contributed by atoms with Crippen molar-refractivity contribution in [2.75, 3.05) is 13.2 Å². The number of hydrogen-bond acceptors (Lipinski definition) is 5. The third-order valence-corrected chi connectivity index (χ3v) is 4.49. The predicted octanol–water partition coefficient (Wildman–Crippen LogP) is 4.97. The van der Waals surface area contributed by atoms with E-state index in [-0.39, 0.29) is 12.5 Å². The summed E-state index contributed by atoms with van der Waals surface area (Å²) in [6, 6.07) is 24.7. The molecule has 0 heterocycles. The molecule has 32 heavy (non-hydrogen) atoms. The van der Waals surface area contributed by atoms with Gasteiger partial charge >= 0.3 is 0 Å². The zero-order chi connectivity index (χ0) is 22.4. The van der Waals surface area contributed by atoms with Crippen LogP contribution < -0.4 is 19.6 Å². The minimum atomic E-state index is -0.340. The Morgan fingerprint density at radius 3 is 2.16 bits per heavy atom. The highest BCUT2D eigenvalue weighted by Crippen LogP contribution is 2.18. The normalized spacial score (nSPS) is 10.7. The minimum Gasteiger partial charge on any atom is -0.494 e. The molecular formula is C26H28N2O4. The zero-order valence-corrected chi connectivity index (χ0v) is 18.2. The summed E-state index contributed by atoms with van der Waals surface area (Å²) in [6.45, 7) is 3.20. The van der Waals surface area contributed by atoms with E-state index in [0.29, 0.717) is 19.0 Å². The lowest BCUT2D eigenvalue weighted by Gasteiger charge is -2.08. The van der Waals surface area contributed by atoms with E-state index in [0.717, 1.165) is 35.5 Å². The maximum atomic E-state index is 11.9. The largest absolute Gasteiger partial charge is 0.494 e. The summed E-state index contributed by atoms with van der Waals surface area (Å²) in [6.07, 6.45) is 3.68. The molecule has 0 fully saturated rings. The number of hydrogen-bond donors (Lipinski definition) is 1. The maximum Gasteiger partial charge on any atom is 0.277 e. The second-order valence-electron chi connectivity index (χ2n) is 7.10. The number of amides is 1. The smallest absolute Gasteiger partial charge is 0.277 e. The molecule has 1 N–H and O–H groups in total. The highest BCUT2D eigenvalue weighted by molar-refractivity contribution is 5.83. The Kier molecular flexibility index (Phi) is 9.15. The number of nitrogens with zero attached hydrogens (tertiary/aromatic N) is 1. The van der Waals surface area contributed by atoms with Gasteiger partial charge < -0.3 is 14.2 Å². The molecular weight excluding hydrogens is 404 g/mol. The van der Waals surface area contributed by atoms with Crippen LogP contribution in [0.15, 0.2) is 84.0 Å². The van der Waals surface area contributed by atoms with Gasteiger partial charge in [0.25, 0.3) is 5.91 Å². The Balaban J connectivity index is 1.36. The lowest BCUT2D eigenvalue weighted by Crippen LogP contribution is -2.24. The Morgan fingerprint density at radius 2 is 1.47 bits per heavy atom. The first-order chi connectivity index (χ1) is 15.7. The van der Waals surface area contributed by atoms with E-state index >= 15 is 0 Å². The maximum absolute atomic E-state index is 11.9. The molecule has 0 aliphatic rings. The van der Waals surface area contributed by atoms with Crippen LogP contribution in [-0.4, -0.2) is 25.3 Å². The first-order valence-electron chi connectivity index (χ1n) is 10.7. The van der Waals surface area contributed by atoms with Crippen molar-refractivity contribution in [3.8, 4) is 17.2 Å². The standard InChI is InChI=1S/C26H28N2O4/c1-2-3-17-30-23-13-15-25(16-14-23)32-20-26(29)28-27-18-21-9-11-24(12-10-21)31-19-22-7-5-4-6-8-22/h4-16,18H,2-3,17,19-20H2,1H3,(H,28,29)/b27-18+. The minimum absolute atomic E-state index is 0.125. The van der Waals surface area contributed by atoms with Crippen LogP contribution in [0.1, 0.15) is 30.9 Å². The van der Waals surface area contributed by atoms with Gasteiger partial charge in [0.05, 0.1) is 12.8 Å². The Labute approximate surface area is 188 Å². The van der Waals surface area contributed by atoms with Crippen LogP contribution in [0.2, 0.25) is 0 Å². The summed E-state index contributed by atoms with van der Waals surface area (Å²) in [5.41, 5.74) is 4.41. The van der Waals surface area contributed by atoms with Crippen molar-refractivity contribution < 1.29 is 19.0 Å². The van der Waals surface area contributed by atoms with Gasteiger partial charge in [-0.3, -0.25) is 4.79 Å². The topological polar surface area (TPSA) is 69.2 Å². The van der Waals surface area contributed by atoms with Crippen LogP contribution in [0, 0.1) is 0 Å². The van der Waals surface area contributed by atoms with Crippen molar-refractivity contribution in [2.24, 2.45) is 5.10 Å². The van der Waals surface area contributed by atoms with E-state index in [1.54, 1.807) is 18.3 Å². The molecule has 3 aromatic rings.